The average Bonchev–Trinajstić information content (AvgIpc) is 2.05. The first-order valence-corrected chi connectivity index (χ1v) is 6.05. The zero-order chi connectivity index (χ0) is 11.6. The summed E-state index contributed by atoms with van der Waals surface area (Å²) in [5.41, 5.74) is -0.114. The molecule has 0 heterocycles. The van der Waals surface area contributed by atoms with E-state index in [1.54, 1.807) is 0 Å². The number of aliphatic carboxylic acids is 1. The lowest BCUT2D eigenvalue weighted by Crippen LogP contribution is -2.36. The molecule has 1 N–H and O–H groups in total. The highest BCUT2D eigenvalue weighted by molar-refractivity contribution is 5.71. The monoisotopic (exact) mass is 212 g/mol. The van der Waals surface area contributed by atoms with Gasteiger partial charge in [-0.1, -0.05) is 40.5 Å². The number of hydrogen-bond donors (Lipinski definition) is 1. The molecule has 0 aliphatic heterocycles. The Hall–Kier alpha value is -0.530. The lowest BCUT2D eigenvalue weighted by molar-refractivity contribution is -0.149. The van der Waals surface area contributed by atoms with Crippen LogP contribution >= 0.6 is 0 Å². The normalized spacial score (nSPS) is 29.9. The molecule has 1 unspecified atom stereocenters. The number of carbonyl (C=O) groups is 1. The summed E-state index contributed by atoms with van der Waals surface area (Å²) in [4.78, 5) is 11.3. The van der Waals surface area contributed by atoms with E-state index in [9.17, 15) is 9.90 Å². The van der Waals surface area contributed by atoms with E-state index in [1.165, 1.54) is 12.8 Å². The van der Waals surface area contributed by atoms with Gasteiger partial charge in [-0.15, -0.1) is 0 Å². The van der Waals surface area contributed by atoms with Crippen molar-refractivity contribution in [1.29, 1.82) is 0 Å². The Morgan fingerprint density at radius 3 is 2.00 bits per heavy atom. The second-order valence-electron chi connectivity index (χ2n) is 6.20. The summed E-state index contributed by atoms with van der Waals surface area (Å²) >= 11 is 0. The fourth-order valence-corrected chi connectivity index (χ4v) is 2.90. The molecule has 0 spiro atoms. The summed E-state index contributed by atoms with van der Waals surface area (Å²) in [7, 11) is 0. The highest BCUT2D eigenvalue weighted by atomic mass is 16.4. The van der Waals surface area contributed by atoms with Crippen LogP contribution in [0.15, 0.2) is 0 Å². The number of rotatable bonds is 2. The van der Waals surface area contributed by atoms with E-state index in [2.05, 4.69) is 6.92 Å². The molecule has 0 bridgehead atoms. The fraction of sp³-hybridized carbons (Fsp3) is 0.923. The summed E-state index contributed by atoms with van der Waals surface area (Å²) < 4.78 is 0. The molecule has 0 aromatic carbocycles. The van der Waals surface area contributed by atoms with E-state index in [4.69, 9.17) is 0 Å². The Balaban J connectivity index is 2.69. The van der Waals surface area contributed by atoms with Gasteiger partial charge in [0.1, 0.15) is 0 Å². The van der Waals surface area contributed by atoms with Gasteiger partial charge in [-0.05, 0) is 30.1 Å². The van der Waals surface area contributed by atoms with E-state index in [0.29, 0.717) is 5.92 Å². The van der Waals surface area contributed by atoms with Crippen molar-refractivity contribution in [1.82, 2.24) is 0 Å². The third kappa shape index (κ3) is 3.22. The SMILES string of the molecule is CC1CCC(C(C(=O)O)C(C)(C)C)CC1. The van der Waals surface area contributed by atoms with E-state index in [0.717, 1.165) is 18.8 Å². The van der Waals surface area contributed by atoms with Gasteiger partial charge in [0.25, 0.3) is 0 Å². The van der Waals surface area contributed by atoms with Crippen LogP contribution in [-0.2, 0) is 4.79 Å². The summed E-state index contributed by atoms with van der Waals surface area (Å²) in [6, 6.07) is 0. The Bertz CT molecular complexity index is 219. The third-order valence-corrected chi connectivity index (χ3v) is 3.73. The predicted molar refractivity (Wildman–Crippen MR) is 61.7 cm³/mol. The lowest BCUT2D eigenvalue weighted by atomic mass is 9.67. The third-order valence-electron chi connectivity index (χ3n) is 3.73. The van der Waals surface area contributed by atoms with Crippen LogP contribution in [0.25, 0.3) is 0 Å². The van der Waals surface area contributed by atoms with Crippen LogP contribution in [0.4, 0.5) is 0 Å². The van der Waals surface area contributed by atoms with E-state index in [-0.39, 0.29) is 11.3 Å². The van der Waals surface area contributed by atoms with Gasteiger partial charge in [0.15, 0.2) is 0 Å². The summed E-state index contributed by atoms with van der Waals surface area (Å²) in [6.45, 7) is 8.40. The second-order valence-corrected chi connectivity index (χ2v) is 6.20. The molecule has 0 radical (unpaired) electrons. The number of carboxylic acid groups (broad SMARTS) is 1. The van der Waals surface area contributed by atoms with Crippen LogP contribution in [0.5, 0.6) is 0 Å². The van der Waals surface area contributed by atoms with Crippen LogP contribution in [0.2, 0.25) is 0 Å². The van der Waals surface area contributed by atoms with Crippen LogP contribution < -0.4 is 0 Å². The van der Waals surface area contributed by atoms with Gasteiger partial charge in [0.2, 0.25) is 0 Å². The van der Waals surface area contributed by atoms with E-state index >= 15 is 0 Å². The van der Waals surface area contributed by atoms with Gasteiger partial charge in [-0.3, -0.25) is 4.79 Å². The van der Waals surface area contributed by atoms with Crippen molar-refractivity contribution in [3.63, 3.8) is 0 Å². The maximum atomic E-state index is 11.3. The largest absolute Gasteiger partial charge is 0.481 e. The van der Waals surface area contributed by atoms with Crippen molar-refractivity contribution in [2.45, 2.75) is 53.4 Å². The second kappa shape index (κ2) is 4.54. The maximum Gasteiger partial charge on any atom is 0.307 e. The molecule has 2 nitrogen and oxygen atoms in total. The molecule has 2 heteroatoms. The Labute approximate surface area is 93.1 Å². The molecular weight excluding hydrogens is 188 g/mol. The van der Waals surface area contributed by atoms with Gasteiger partial charge in [-0.2, -0.15) is 0 Å². The van der Waals surface area contributed by atoms with Gasteiger partial charge in [0, 0.05) is 0 Å². The number of carboxylic acids is 1. The summed E-state index contributed by atoms with van der Waals surface area (Å²) in [5, 5.41) is 9.33. The summed E-state index contributed by atoms with van der Waals surface area (Å²) in [5.74, 6) is 0.390. The molecule has 1 saturated carbocycles. The summed E-state index contributed by atoms with van der Waals surface area (Å²) in [6.07, 6.45) is 4.58. The van der Waals surface area contributed by atoms with Crippen LogP contribution in [0.3, 0.4) is 0 Å². The highest BCUT2D eigenvalue weighted by Crippen LogP contribution is 2.41. The van der Waals surface area contributed by atoms with Crippen molar-refractivity contribution < 1.29 is 9.90 Å². The molecule has 1 atom stereocenters. The topological polar surface area (TPSA) is 37.3 Å². The highest BCUT2D eigenvalue weighted by Gasteiger charge is 2.38. The smallest absolute Gasteiger partial charge is 0.307 e. The Kier molecular flexibility index (Phi) is 3.80. The van der Waals surface area contributed by atoms with Crippen LogP contribution in [0, 0.1) is 23.2 Å². The average molecular weight is 212 g/mol. The van der Waals surface area contributed by atoms with Crippen molar-refractivity contribution >= 4 is 5.97 Å². The first-order valence-electron chi connectivity index (χ1n) is 6.05. The first kappa shape index (κ1) is 12.5. The van der Waals surface area contributed by atoms with Gasteiger partial charge in [-0.25, -0.2) is 0 Å². The van der Waals surface area contributed by atoms with Crippen molar-refractivity contribution in [3.05, 3.63) is 0 Å². The minimum atomic E-state index is -0.609. The fourth-order valence-electron chi connectivity index (χ4n) is 2.90. The zero-order valence-electron chi connectivity index (χ0n) is 10.4. The van der Waals surface area contributed by atoms with Crippen LogP contribution in [0.1, 0.15) is 53.4 Å². The van der Waals surface area contributed by atoms with E-state index in [1.807, 2.05) is 20.8 Å². The molecule has 1 aliphatic carbocycles. The molecule has 0 aromatic rings. The lowest BCUT2D eigenvalue weighted by Gasteiger charge is -2.37. The predicted octanol–water partition coefficient (Wildman–Crippen LogP) is 3.56. The van der Waals surface area contributed by atoms with Gasteiger partial charge >= 0.3 is 5.97 Å². The quantitative estimate of drug-likeness (QED) is 0.760. The Morgan fingerprint density at radius 2 is 1.67 bits per heavy atom. The maximum absolute atomic E-state index is 11.3. The minimum Gasteiger partial charge on any atom is -0.481 e. The Morgan fingerprint density at radius 1 is 1.20 bits per heavy atom. The molecule has 1 aliphatic rings. The van der Waals surface area contributed by atoms with Crippen molar-refractivity contribution in [2.75, 3.05) is 0 Å². The molecule has 0 aromatic heterocycles. The molecule has 88 valence electrons. The standard InChI is InChI=1S/C13H24O2/c1-9-5-7-10(8-6-9)11(12(14)15)13(2,3)4/h9-11H,5-8H2,1-4H3,(H,14,15). The van der Waals surface area contributed by atoms with Gasteiger partial charge in [0.05, 0.1) is 5.92 Å². The molecule has 0 amide bonds. The van der Waals surface area contributed by atoms with E-state index < -0.39 is 5.97 Å². The number of hydrogen-bond acceptors (Lipinski definition) is 1. The van der Waals surface area contributed by atoms with Crippen molar-refractivity contribution in [3.8, 4) is 0 Å². The minimum absolute atomic E-state index is 0.114. The van der Waals surface area contributed by atoms with Gasteiger partial charge < -0.3 is 5.11 Å². The first-order chi connectivity index (χ1) is 6.82. The molecule has 0 saturated heterocycles. The molecular formula is C13H24O2. The molecule has 1 fully saturated rings. The molecule has 1 rings (SSSR count). The molecule has 15 heavy (non-hydrogen) atoms. The van der Waals surface area contributed by atoms with Crippen molar-refractivity contribution in [2.24, 2.45) is 23.2 Å². The zero-order valence-corrected chi connectivity index (χ0v) is 10.4. The van der Waals surface area contributed by atoms with Crippen LogP contribution in [-0.4, -0.2) is 11.1 Å².